The van der Waals surface area contributed by atoms with Gasteiger partial charge < -0.3 is 0 Å². The van der Waals surface area contributed by atoms with Gasteiger partial charge in [-0.3, -0.25) is 0 Å². The van der Waals surface area contributed by atoms with Crippen LogP contribution in [0.1, 0.15) is 77.0 Å². The Morgan fingerprint density at radius 2 is 0.857 bits per heavy atom. The van der Waals surface area contributed by atoms with Crippen LogP contribution in [0, 0.1) is 35.3 Å². The highest BCUT2D eigenvalue weighted by atomic mass is 28.3. The predicted octanol–water partition coefficient (Wildman–Crippen LogP) is 9.41. The first-order valence-corrected chi connectivity index (χ1v) is 22.0. The van der Waals surface area contributed by atoms with Crippen LogP contribution < -0.4 is 10.4 Å². The van der Waals surface area contributed by atoms with Gasteiger partial charge in [0.05, 0.1) is 0 Å². The summed E-state index contributed by atoms with van der Waals surface area (Å²) in [5.41, 5.74) is 11.1. The molecule has 218 valence electrons. The molecule has 0 nitrogen and oxygen atoms in total. The van der Waals surface area contributed by atoms with Gasteiger partial charge in [-0.25, -0.2) is 0 Å². The Morgan fingerprint density at radius 1 is 0.500 bits per heavy atom. The lowest BCUT2D eigenvalue weighted by molar-refractivity contribution is 0.715. The zero-order valence-electron chi connectivity index (χ0n) is 26.6. The zero-order valence-corrected chi connectivity index (χ0v) is 28.6. The maximum atomic E-state index is 5.18. The van der Waals surface area contributed by atoms with Gasteiger partial charge in [0.2, 0.25) is 0 Å². The fourth-order valence-corrected chi connectivity index (χ4v) is 8.49. The van der Waals surface area contributed by atoms with Crippen LogP contribution in [0.15, 0.2) is 95.6 Å². The smallest absolute Gasteiger partial charge is 0.121 e. The van der Waals surface area contributed by atoms with Crippen molar-refractivity contribution in [1.82, 2.24) is 0 Å². The molecule has 3 aliphatic rings. The quantitative estimate of drug-likeness (QED) is 0.243. The van der Waals surface area contributed by atoms with Gasteiger partial charge >= 0.3 is 0 Å². The van der Waals surface area contributed by atoms with Crippen molar-refractivity contribution in [2.24, 2.45) is 0 Å². The van der Waals surface area contributed by atoms with E-state index in [1.165, 1.54) is 97.7 Å². The third kappa shape index (κ3) is 11.9. The summed E-state index contributed by atoms with van der Waals surface area (Å²) in [7, 11) is -3.13. The number of allylic oxidation sites excluding steroid dienone is 6. The van der Waals surface area contributed by atoms with E-state index in [0.29, 0.717) is 0 Å². The minimum absolute atomic E-state index is 1.14. The maximum Gasteiger partial charge on any atom is 0.163 e. The third-order valence-electron chi connectivity index (χ3n) is 8.12. The molecule has 0 radical (unpaired) electrons. The first kappa shape index (κ1) is 33.3. The van der Waals surface area contributed by atoms with Crippen LogP contribution in [0.2, 0.25) is 26.2 Å². The van der Waals surface area contributed by atoms with Crippen molar-refractivity contribution in [1.29, 1.82) is 0 Å². The van der Waals surface area contributed by atoms with E-state index in [9.17, 15) is 0 Å². The lowest BCUT2D eigenvalue weighted by atomic mass is 10.0. The second-order valence-corrected chi connectivity index (χ2v) is 20.7. The van der Waals surface area contributed by atoms with Gasteiger partial charge in [-0.1, -0.05) is 123 Å². The standard InChI is InChI=1S/2C16H20Si.C8H10/c2*1-17(2,16-11-7-4-8-12-16)14-13-15-9-5-3-6-10-15;1-2-8-6-4-3-5-7-8/h2*4,7-9,11-12H,3,5-6,10H2,1-2H3;1,6H,3-5,7H2. The average Bonchev–Trinajstić information content (AvgIpc) is 3.06. The second kappa shape index (κ2) is 17.7. The number of hydrogen-bond acceptors (Lipinski definition) is 0. The van der Waals surface area contributed by atoms with Crippen LogP contribution in [0.25, 0.3) is 0 Å². The van der Waals surface area contributed by atoms with Crippen LogP contribution in [0.5, 0.6) is 0 Å². The summed E-state index contributed by atoms with van der Waals surface area (Å²) in [5.74, 6) is 9.53. The van der Waals surface area contributed by atoms with Crippen LogP contribution in [0.4, 0.5) is 0 Å². The molecule has 0 atom stereocenters. The highest BCUT2D eigenvalue weighted by molar-refractivity contribution is 6.96. The molecule has 2 aromatic carbocycles. The van der Waals surface area contributed by atoms with E-state index in [1.54, 1.807) is 0 Å². The molecular formula is C40H50Si2. The normalized spacial score (nSPS) is 16.4. The number of hydrogen-bond donors (Lipinski definition) is 0. The van der Waals surface area contributed by atoms with Gasteiger partial charge in [0.1, 0.15) is 0 Å². The van der Waals surface area contributed by atoms with Crippen LogP contribution >= 0.6 is 0 Å². The van der Waals surface area contributed by atoms with Crippen molar-refractivity contribution >= 4 is 26.5 Å². The minimum Gasteiger partial charge on any atom is -0.121 e. The Morgan fingerprint density at radius 3 is 1.14 bits per heavy atom. The first-order valence-electron chi connectivity index (χ1n) is 16.0. The largest absolute Gasteiger partial charge is 0.163 e. The van der Waals surface area contributed by atoms with Gasteiger partial charge in [0.25, 0.3) is 0 Å². The molecule has 42 heavy (non-hydrogen) atoms. The summed E-state index contributed by atoms with van der Waals surface area (Å²) in [5, 5.41) is 2.87. The summed E-state index contributed by atoms with van der Waals surface area (Å²) in [6.45, 7) is 9.33. The van der Waals surface area contributed by atoms with E-state index >= 15 is 0 Å². The van der Waals surface area contributed by atoms with Crippen molar-refractivity contribution in [3.63, 3.8) is 0 Å². The van der Waals surface area contributed by atoms with Crippen molar-refractivity contribution in [2.45, 2.75) is 103 Å². The van der Waals surface area contributed by atoms with Gasteiger partial charge in [-0.05, 0) is 104 Å². The average molecular weight is 587 g/mol. The highest BCUT2D eigenvalue weighted by Crippen LogP contribution is 2.18. The van der Waals surface area contributed by atoms with E-state index in [1.807, 2.05) is 0 Å². The highest BCUT2D eigenvalue weighted by Gasteiger charge is 2.21. The van der Waals surface area contributed by atoms with Crippen LogP contribution in [-0.2, 0) is 0 Å². The molecule has 0 heterocycles. The van der Waals surface area contributed by atoms with E-state index in [0.717, 1.165) is 6.42 Å². The first-order chi connectivity index (χ1) is 20.3. The Balaban J connectivity index is 0.000000184. The van der Waals surface area contributed by atoms with Gasteiger partial charge in [-0.15, -0.1) is 17.5 Å². The Labute approximate surface area is 259 Å². The lowest BCUT2D eigenvalue weighted by Crippen LogP contribution is -2.39. The predicted molar refractivity (Wildman–Crippen MR) is 191 cm³/mol. The van der Waals surface area contributed by atoms with Crippen molar-refractivity contribution in [3.8, 4) is 35.3 Å². The van der Waals surface area contributed by atoms with E-state index in [-0.39, 0.29) is 0 Å². The molecule has 3 aliphatic carbocycles. The molecule has 0 aliphatic heterocycles. The molecule has 0 spiro atoms. The summed E-state index contributed by atoms with van der Waals surface area (Å²) in [6.07, 6.45) is 27.1. The Hall–Kier alpha value is -3.23. The molecule has 0 saturated heterocycles. The van der Waals surface area contributed by atoms with Crippen molar-refractivity contribution < 1.29 is 0 Å². The Bertz CT molecular complexity index is 1280. The molecule has 2 heteroatoms. The second-order valence-electron chi connectivity index (χ2n) is 12.6. The Kier molecular flexibility index (Phi) is 14.0. The SMILES string of the molecule is C#CC1=CCCCC1.C[Si](C)(C#CC1=CCCCC1)c1ccccc1.C[Si](C)(C#CC1=CCCCC1)c1ccccc1. The summed E-state index contributed by atoms with van der Waals surface area (Å²) < 4.78 is 0. The number of rotatable bonds is 2. The number of terminal acetylenes is 1. The molecule has 0 bridgehead atoms. The van der Waals surface area contributed by atoms with Crippen LogP contribution in [-0.4, -0.2) is 16.1 Å². The molecule has 0 aromatic heterocycles. The van der Waals surface area contributed by atoms with E-state index in [2.05, 4.69) is 134 Å². The summed E-state index contributed by atoms with van der Waals surface area (Å²) in [4.78, 5) is 0. The summed E-state index contributed by atoms with van der Waals surface area (Å²) >= 11 is 0. The fourth-order valence-electron chi connectivity index (χ4n) is 5.20. The van der Waals surface area contributed by atoms with E-state index < -0.39 is 16.1 Å². The molecule has 0 N–H and O–H groups in total. The fraction of sp³-hybridized carbons (Fsp3) is 0.400. The molecule has 5 rings (SSSR count). The van der Waals surface area contributed by atoms with Crippen molar-refractivity contribution in [3.05, 3.63) is 95.6 Å². The third-order valence-corrected chi connectivity index (χ3v) is 13.2. The molecule has 2 aromatic rings. The lowest BCUT2D eigenvalue weighted by Gasteiger charge is -2.15. The van der Waals surface area contributed by atoms with Gasteiger partial charge in [0, 0.05) is 0 Å². The zero-order chi connectivity index (χ0) is 30.1. The molecule has 0 fully saturated rings. The molecule has 0 saturated carbocycles. The number of benzene rings is 2. The summed E-state index contributed by atoms with van der Waals surface area (Å²) in [6, 6.07) is 21.5. The molecule has 0 unspecified atom stereocenters. The monoisotopic (exact) mass is 586 g/mol. The van der Waals surface area contributed by atoms with Crippen LogP contribution in [0.3, 0.4) is 0 Å². The van der Waals surface area contributed by atoms with Crippen molar-refractivity contribution in [2.75, 3.05) is 0 Å². The topological polar surface area (TPSA) is 0 Å². The minimum atomic E-state index is -1.57. The van der Waals surface area contributed by atoms with E-state index in [4.69, 9.17) is 6.42 Å². The molecule has 0 amide bonds. The maximum absolute atomic E-state index is 5.18. The van der Waals surface area contributed by atoms with Gasteiger partial charge in [0.15, 0.2) is 16.1 Å². The van der Waals surface area contributed by atoms with Gasteiger partial charge in [-0.2, -0.15) is 0 Å². The molecular weight excluding hydrogens is 537 g/mol.